The van der Waals surface area contributed by atoms with Crippen LogP contribution in [0.1, 0.15) is 23.4 Å². The van der Waals surface area contributed by atoms with Crippen molar-refractivity contribution in [3.05, 3.63) is 59.9 Å². The average molecular weight is 293 g/mol. The van der Waals surface area contributed by atoms with E-state index in [1.165, 1.54) is 28.4 Å². The van der Waals surface area contributed by atoms with Crippen LogP contribution < -0.4 is 0 Å². The summed E-state index contributed by atoms with van der Waals surface area (Å²) >= 11 is 0. The van der Waals surface area contributed by atoms with Gasteiger partial charge in [-0.1, -0.05) is 24.3 Å². The van der Waals surface area contributed by atoms with Crippen LogP contribution in [-0.4, -0.2) is 28.0 Å². The fourth-order valence-electron chi connectivity index (χ4n) is 3.12. The second kappa shape index (κ2) is 5.46. The number of hydrogen-bond donors (Lipinski definition) is 1. The lowest BCUT2D eigenvalue weighted by molar-refractivity contribution is 0.266. The first-order valence-electron chi connectivity index (χ1n) is 7.68. The molecule has 0 atom stereocenters. The highest BCUT2D eigenvalue weighted by Gasteiger charge is 2.17. The number of aryl methyl sites for hydroxylation is 1. The van der Waals surface area contributed by atoms with Gasteiger partial charge < -0.3 is 9.40 Å². The molecule has 4 heteroatoms. The third-order valence-electron chi connectivity index (χ3n) is 4.44. The van der Waals surface area contributed by atoms with Crippen molar-refractivity contribution in [3.63, 3.8) is 0 Å². The van der Waals surface area contributed by atoms with Crippen molar-refractivity contribution in [3.8, 4) is 0 Å². The molecular weight excluding hydrogens is 274 g/mol. The van der Waals surface area contributed by atoms with E-state index in [1.54, 1.807) is 0 Å². The van der Waals surface area contributed by atoms with Crippen molar-refractivity contribution in [2.24, 2.45) is 0 Å². The van der Waals surface area contributed by atoms with Gasteiger partial charge in [0, 0.05) is 35.8 Å². The van der Waals surface area contributed by atoms with Gasteiger partial charge in [0.15, 0.2) is 6.39 Å². The predicted octanol–water partition coefficient (Wildman–Crippen LogP) is 3.75. The number of fused-ring (bicyclic) bond motifs is 1. The summed E-state index contributed by atoms with van der Waals surface area (Å²) in [6.45, 7) is 4.83. The minimum absolute atomic E-state index is 0.837. The summed E-state index contributed by atoms with van der Waals surface area (Å²) < 4.78 is 5.45. The molecule has 22 heavy (non-hydrogen) atoms. The molecule has 0 fully saturated rings. The van der Waals surface area contributed by atoms with E-state index in [-0.39, 0.29) is 0 Å². The number of oxazole rings is 1. The normalized spacial score (nSPS) is 16.1. The lowest BCUT2D eigenvalue weighted by Crippen LogP contribution is -2.28. The minimum atomic E-state index is 0.837. The van der Waals surface area contributed by atoms with Gasteiger partial charge in [0.25, 0.3) is 0 Å². The van der Waals surface area contributed by atoms with Crippen LogP contribution in [0.5, 0.6) is 0 Å². The Balaban J connectivity index is 1.53. The summed E-state index contributed by atoms with van der Waals surface area (Å²) in [4.78, 5) is 9.92. The van der Waals surface area contributed by atoms with Gasteiger partial charge in [-0.25, -0.2) is 4.98 Å². The Hall–Kier alpha value is -2.33. The lowest BCUT2D eigenvalue weighted by atomic mass is 9.99. The van der Waals surface area contributed by atoms with Crippen LogP contribution >= 0.6 is 0 Å². The summed E-state index contributed by atoms with van der Waals surface area (Å²) in [5, 5.41) is 1.31. The van der Waals surface area contributed by atoms with Crippen LogP contribution in [0.3, 0.4) is 0 Å². The highest BCUT2D eigenvalue weighted by molar-refractivity contribution is 5.92. The van der Waals surface area contributed by atoms with Gasteiger partial charge in [-0.2, -0.15) is 0 Å². The third kappa shape index (κ3) is 2.35. The first-order valence-corrected chi connectivity index (χ1v) is 7.68. The van der Waals surface area contributed by atoms with Crippen LogP contribution in [0.2, 0.25) is 0 Å². The van der Waals surface area contributed by atoms with Crippen LogP contribution in [0, 0.1) is 6.92 Å². The third-order valence-corrected chi connectivity index (χ3v) is 4.44. The van der Waals surface area contributed by atoms with Gasteiger partial charge in [0.2, 0.25) is 0 Å². The Kier molecular flexibility index (Phi) is 3.31. The van der Waals surface area contributed by atoms with Crippen LogP contribution in [0.15, 0.2) is 47.3 Å². The topological polar surface area (TPSA) is 45.1 Å². The Morgan fingerprint density at radius 1 is 1.32 bits per heavy atom. The molecule has 0 amide bonds. The molecular formula is C18H19N3O. The molecule has 4 rings (SSSR count). The number of rotatable bonds is 3. The molecule has 0 aliphatic carbocycles. The second-order valence-electron chi connectivity index (χ2n) is 5.82. The number of aromatic nitrogens is 2. The first-order chi connectivity index (χ1) is 10.8. The maximum Gasteiger partial charge on any atom is 0.181 e. The van der Waals surface area contributed by atoms with E-state index in [0.717, 1.165) is 37.5 Å². The zero-order valence-electron chi connectivity index (χ0n) is 12.7. The lowest BCUT2D eigenvalue weighted by Gasteiger charge is -2.25. The standard InChI is InChI=1S/C18H19N3O/c1-13-18(22-12-20-13)11-21-8-6-14(7-9-21)16-10-19-17-5-3-2-4-15(16)17/h2-6,10,12,19H,7-9,11H2,1H3. The molecule has 3 heterocycles. The SMILES string of the molecule is Cc1ncoc1CN1CC=C(c2c[nH]c3ccccc23)CC1. The summed E-state index contributed by atoms with van der Waals surface area (Å²) in [7, 11) is 0. The number of para-hydroxylation sites is 1. The maximum atomic E-state index is 5.45. The van der Waals surface area contributed by atoms with Crippen molar-refractivity contribution in [1.29, 1.82) is 0 Å². The number of benzene rings is 1. The average Bonchev–Trinajstić information content (AvgIpc) is 3.15. The molecule has 1 N–H and O–H groups in total. The van der Waals surface area contributed by atoms with Crippen molar-refractivity contribution in [2.45, 2.75) is 19.9 Å². The van der Waals surface area contributed by atoms with Gasteiger partial charge in [-0.15, -0.1) is 0 Å². The van der Waals surface area contributed by atoms with E-state index in [4.69, 9.17) is 4.42 Å². The molecule has 112 valence electrons. The van der Waals surface area contributed by atoms with Crippen molar-refractivity contribution in [2.75, 3.05) is 13.1 Å². The van der Waals surface area contributed by atoms with E-state index < -0.39 is 0 Å². The second-order valence-corrected chi connectivity index (χ2v) is 5.82. The smallest absolute Gasteiger partial charge is 0.181 e. The highest BCUT2D eigenvalue weighted by Crippen LogP contribution is 2.29. The summed E-state index contributed by atoms with van der Waals surface area (Å²) in [5.74, 6) is 0.976. The number of hydrogen-bond acceptors (Lipinski definition) is 3. The van der Waals surface area contributed by atoms with Gasteiger partial charge >= 0.3 is 0 Å². The van der Waals surface area contributed by atoms with Crippen LogP contribution in [-0.2, 0) is 6.54 Å². The monoisotopic (exact) mass is 293 g/mol. The Bertz CT molecular complexity index is 828. The fourth-order valence-corrected chi connectivity index (χ4v) is 3.12. The van der Waals surface area contributed by atoms with Gasteiger partial charge in [-0.05, 0) is 25.0 Å². The number of aromatic amines is 1. The summed E-state index contributed by atoms with van der Waals surface area (Å²) in [6.07, 6.45) is 7.06. The van der Waals surface area contributed by atoms with E-state index >= 15 is 0 Å². The quantitative estimate of drug-likeness (QED) is 0.800. The van der Waals surface area contributed by atoms with Gasteiger partial charge in [-0.3, -0.25) is 4.90 Å². The highest BCUT2D eigenvalue weighted by atomic mass is 16.3. The first kappa shape index (κ1) is 13.3. The minimum Gasteiger partial charge on any atom is -0.447 e. The number of nitrogens with zero attached hydrogens (tertiary/aromatic N) is 2. The summed E-state index contributed by atoms with van der Waals surface area (Å²) in [5.41, 5.74) is 4.97. The molecule has 0 saturated carbocycles. The molecule has 3 aromatic rings. The molecule has 0 saturated heterocycles. The van der Waals surface area contributed by atoms with E-state index in [0.29, 0.717) is 0 Å². The Morgan fingerprint density at radius 2 is 2.23 bits per heavy atom. The molecule has 1 aromatic carbocycles. The van der Waals surface area contributed by atoms with E-state index in [1.807, 2.05) is 6.92 Å². The Morgan fingerprint density at radius 3 is 3.00 bits per heavy atom. The van der Waals surface area contributed by atoms with Crippen molar-refractivity contribution in [1.82, 2.24) is 14.9 Å². The zero-order chi connectivity index (χ0) is 14.9. The molecule has 4 nitrogen and oxygen atoms in total. The molecule has 2 aromatic heterocycles. The van der Waals surface area contributed by atoms with Crippen LogP contribution in [0.25, 0.3) is 16.5 Å². The van der Waals surface area contributed by atoms with Gasteiger partial charge in [0.1, 0.15) is 5.76 Å². The van der Waals surface area contributed by atoms with Crippen LogP contribution in [0.4, 0.5) is 0 Å². The predicted molar refractivity (Wildman–Crippen MR) is 87.4 cm³/mol. The van der Waals surface area contributed by atoms with E-state index in [2.05, 4.69) is 51.4 Å². The number of nitrogens with one attached hydrogen (secondary N) is 1. The largest absolute Gasteiger partial charge is 0.447 e. The molecule has 0 unspecified atom stereocenters. The number of H-pyrrole nitrogens is 1. The molecule has 0 spiro atoms. The summed E-state index contributed by atoms with van der Waals surface area (Å²) in [6, 6.07) is 8.48. The maximum absolute atomic E-state index is 5.45. The van der Waals surface area contributed by atoms with Crippen molar-refractivity contribution >= 4 is 16.5 Å². The molecule has 1 aliphatic heterocycles. The Labute approximate surface area is 129 Å². The zero-order valence-corrected chi connectivity index (χ0v) is 12.7. The molecule has 0 bridgehead atoms. The fraction of sp³-hybridized carbons (Fsp3) is 0.278. The van der Waals surface area contributed by atoms with E-state index in [9.17, 15) is 0 Å². The van der Waals surface area contributed by atoms with Crippen molar-refractivity contribution < 1.29 is 4.42 Å². The molecule has 1 aliphatic rings. The van der Waals surface area contributed by atoms with Gasteiger partial charge in [0.05, 0.1) is 12.2 Å². The molecule has 0 radical (unpaired) electrons.